The summed E-state index contributed by atoms with van der Waals surface area (Å²) in [7, 11) is 0. The van der Waals surface area contributed by atoms with Gasteiger partial charge in [-0.2, -0.15) is 0 Å². The first-order valence-electron chi connectivity index (χ1n) is 5.46. The van der Waals surface area contributed by atoms with Gasteiger partial charge in [-0.25, -0.2) is 0 Å². The molecule has 0 heterocycles. The van der Waals surface area contributed by atoms with Crippen LogP contribution in [0.25, 0.3) is 0 Å². The highest BCUT2D eigenvalue weighted by Gasteiger charge is 2.08. The monoisotopic (exact) mass is 226 g/mol. The number of carbonyl (C=O) groups excluding carboxylic acids is 1. The molecule has 0 aliphatic heterocycles. The van der Waals surface area contributed by atoms with E-state index in [4.69, 9.17) is 0 Å². The fraction of sp³-hybridized carbons (Fsp3) is 0.0714. The van der Waals surface area contributed by atoms with Gasteiger partial charge in [-0.3, -0.25) is 4.79 Å². The summed E-state index contributed by atoms with van der Waals surface area (Å²) < 4.78 is 0. The lowest BCUT2D eigenvalue weighted by molar-refractivity contribution is -0.110. The Kier molecular flexibility index (Phi) is 3.76. The number of hydrogen-bond acceptors (Lipinski definition) is 2. The molecule has 2 aromatic carbocycles. The molecular formula is C14H14N2O. The normalized spacial score (nSPS) is 11.5. The molecule has 0 saturated heterocycles. The zero-order valence-corrected chi connectivity index (χ0v) is 9.34. The fourth-order valence-electron chi connectivity index (χ4n) is 1.64. The molecule has 0 bridgehead atoms. The van der Waals surface area contributed by atoms with Gasteiger partial charge in [0.25, 0.3) is 0 Å². The number of amides is 1. The maximum Gasteiger partial charge on any atom is 0.208 e. The number of benzene rings is 2. The van der Waals surface area contributed by atoms with E-state index in [0.29, 0.717) is 6.41 Å². The van der Waals surface area contributed by atoms with Gasteiger partial charge in [-0.15, -0.1) is 0 Å². The topological polar surface area (TPSA) is 41.1 Å². The zero-order valence-electron chi connectivity index (χ0n) is 9.34. The van der Waals surface area contributed by atoms with Gasteiger partial charge in [0.05, 0.1) is 0 Å². The van der Waals surface area contributed by atoms with Crippen LogP contribution >= 0.6 is 0 Å². The third-order valence-corrected chi connectivity index (χ3v) is 2.45. The molecule has 0 aliphatic rings. The summed E-state index contributed by atoms with van der Waals surface area (Å²) in [5, 5.41) is 6.01. The lowest BCUT2D eigenvalue weighted by Crippen LogP contribution is -2.26. The van der Waals surface area contributed by atoms with E-state index in [9.17, 15) is 4.79 Å². The molecular weight excluding hydrogens is 212 g/mol. The van der Waals surface area contributed by atoms with Crippen LogP contribution in [0.15, 0.2) is 60.7 Å². The van der Waals surface area contributed by atoms with Gasteiger partial charge in [0.2, 0.25) is 6.41 Å². The van der Waals surface area contributed by atoms with Crippen molar-refractivity contribution >= 4 is 12.1 Å². The Hall–Kier alpha value is -2.29. The molecule has 3 nitrogen and oxygen atoms in total. The number of carbonyl (C=O) groups is 1. The van der Waals surface area contributed by atoms with Crippen molar-refractivity contribution in [2.75, 3.05) is 5.32 Å². The summed E-state index contributed by atoms with van der Waals surface area (Å²) in [6, 6.07) is 19.6. The van der Waals surface area contributed by atoms with Crippen LogP contribution in [0.1, 0.15) is 11.7 Å². The van der Waals surface area contributed by atoms with Crippen molar-refractivity contribution in [3.05, 3.63) is 66.2 Å². The van der Waals surface area contributed by atoms with Gasteiger partial charge in [0, 0.05) is 5.69 Å². The Bertz CT molecular complexity index is 456. The predicted molar refractivity (Wildman–Crippen MR) is 68.4 cm³/mol. The standard InChI is InChI=1S/C14H14N2O/c17-11-15-14(12-7-3-1-4-8-12)16-13-9-5-2-6-10-13/h1-11,14,16H,(H,15,17). The van der Waals surface area contributed by atoms with E-state index in [1.54, 1.807) is 0 Å². The number of anilines is 1. The van der Waals surface area contributed by atoms with Gasteiger partial charge in [0.15, 0.2) is 0 Å². The van der Waals surface area contributed by atoms with Crippen LogP contribution < -0.4 is 10.6 Å². The fourth-order valence-corrected chi connectivity index (χ4v) is 1.64. The molecule has 17 heavy (non-hydrogen) atoms. The van der Waals surface area contributed by atoms with E-state index in [1.165, 1.54) is 0 Å². The van der Waals surface area contributed by atoms with Gasteiger partial charge in [0.1, 0.15) is 6.17 Å². The van der Waals surface area contributed by atoms with E-state index in [0.717, 1.165) is 11.3 Å². The van der Waals surface area contributed by atoms with E-state index in [1.807, 2.05) is 60.7 Å². The van der Waals surface area contributed by atoms with Crippen molar-refractivity contribution in [2.24, 2.45) is 0 Å². The third kappa shape index (κ3) is 3.08. The van der Waals surface area contributed by atoms with Gasteiger partial charge in [-0.05, 0) is 17.7 Å². The highest BCUT2D eigenvalue weighted by atomic mass is 16.1. The minimum atomic E-state index is -0.212. The second-order valence-electron chi connectivity index (χ2n) is 3.64. The van der Waals surface area contributed by atoms with Crippen LogP contribution in [0.2, 0.25) is 0 Å². The highest BCUT2D eigenvalue weighted by molar-refractivity contribution is 5.51. The maximum atomic E-state index is 10.6. The Morgan fingerprint density at radius 3 is 2.06 bits per heavy atom. The molecule has 3 heteroatoms. The Morgan fingerprint density at radius 1 is 0.882 bits per heavy atom. The average molecular weight is 226 g/mol. The maximum absolute atomic E-state index is 10.6. The molecule has 0 aromatic heterocycles. The molecule has 1 amide bonds. The SMILES string of the molecule is O=CNC(Nc1ccccc1)c1ccccc1. The molecule has 0 fully saturated rings. The quantitative estimate of drug-likeness (QED) is 0.607. The Morgan fingerprint density at radius 2 is 1.47 bits per heavy atom. The number of nitrogens with one attached hydrogen (secondary N) is 2. The van der Waals surface area contributed by atoms with Crippen LogP contribution in [0.5, 0.6) is 0 Å². The van der Waals surface area contributed by atoms with Crippen LogP contribution in [0.3, 0.4) is 0 Å². The van der Waals surface area contributed by atoms with Crippen molar-refractivity contribution in [2.45, 2.75) is 6.17 Å². The van der Waals surface area contributed by atoms with Crippen molar-refractivity contribution in [3.8, 4) is 0 Å². The second-order valence-corrected chi connectivity index (χ2v) is 3.64. The van der Waals surface area contributed by atoms with Crippen LogP contribution in [0, 0.1) is 0 Å². The summed E-state index contributed by atoms with van der Waals surface area (Å²) in [5.41, 5.74) is 1.99. The van der Waals surface area contributed by atoms with Crippen molar-refractivity contribution in [1.82, 2.24) is 5.32 Å². The van der Waals surface area contributed by atoms with E-state index in [2.05, 4.69) is 10.6 Å². The number of hydrogen-bond donors (Lipinski definition) is 2. The van der Waals surface area contributed by atoms with E-state index >= 15 is 0 Å². The molecule has 2 rings (SSSR count). The summed E-state index contributed by atoms with van der Waals surface area (Å²) in [6.45, 7) is 0. The van der Waals surface area contributed by atoms with Crippen LogP contribution in [0.4, 0.5) is 5.69 Å². The van der Waals surface area contributed by atoms with Crippen molar-refractivity contribution in [3.63, 3.8) is 0 Å². The Labute approximate surface area is 100 Å². The largest absolute Gasteiger partial charge is 0.362 e. The summed E-state index contributed by atoms with van der Waals surface area (Å²) >= 11 is 0. The van der Waals surface area contributed by atoms with Crippen molar-refractivity contribution < 1.29 is 4.79 Å². The molecule has 1 unspecified atom stereocenters. The van der Waals surface area contributed by atoms with Gasteiger partial charge < -0.3 is 10.6 Å². The van der Waals surface area contributed by atoms with Crippen LogP contribution in [-0.4, -0.2) is 6.41 Å². The Balaban J connectivity index is 2.16. The molecule has 0 aliphatic carbocycles. The smallest absolute Gasteiger partial charge is 0.208 e. The van der Waals surface area contributed by atoms with E-state index < -0.39 is 0 Å². The molecule has 0 radical (unpaired) electrons. The molecule has 0 saturated carbocycles. The lowest BCUT2D eigenvalue weighted by atomic mass is 10.1. The highest BCUT2D eigenvalue weighted by Crippen LogP contribution is 2.16. The molecule has 1 atom stereocenters. The summed E-state index contributed by atoms with van der Waals surface area (Å²) in [6.07, 6.45) is 0.490. The predicted octanol–water partition coefficient (Wildman–Crippen LogP) is 2.54. The van der Waals surface area contributed by atoms with Crippen molar-refractivity contribution in [1.29, 1.82) is 0 Å². The van der Waals surface area contributed by atoms with Gasteiger partial charge >= 0.3 is 0 Å². The van der Waals surface area contributed by atoms with Gasteiger partial charge in [-0.1, -0.05) is 48.5 Å². The third-order valence-electron chi connectivity index (χ3n) is 2.45. The number of rotatable bonds is 5. The summed E-state index contributed by atoms with van der Waals surface area (Å²) in [5.74, 6) is 0. The lowest BCUT2D eigenvalue weighted by Gasteiger charge is -2.19. The average Bonchev–Trinajstić information content (AvgIpc) is 2.40. The zero-order chi connectivity index (χ0) is 11.9. The second kappa shape index (κ2) is 5.70. The summed E-state index contributed by atoms with van der Waals surface area (Å²) in [4.78, 5) is 10.6. The van der Waals surface area contributed by atoms with Crippen LogP contribution in [-0.2, 0) is 4.79 Å². The molecule has 2 aromatic rings. The molecule has 86 valence electrons. The first kappa shape index (κ1) is 11.2. The first-order valence-corrected chi connectivity index (χ1v) is 5.46. The first-order chi connectivity index (χ1) is 8.40. The molecule has 2 N–H and O–H groups in total. The number of para-hydroxylation sites is 1. The minimum absolute atomic E-state index is 0.212. The molecule has 0 spiro atoms. The minimum Gasteiger partial charge on any atom is -0.362 e. The van der Waals surface area contributed by atoms with E-state index in [-0.39, 0.29) is 6.17 Å².